The van der Waals surface area contributed by atoms with Crippen molar-refractivity contribution in [1.82, 2.24) is 0 Å². The van der Waals surface area contributed by atoms with Crippen LogP contribution in [0.25, 0.3) is 0 Å². The predicted molar refractivity (Wildman–Crippen MR) is 57.4 cm³/mol. The van der Waals surface area contributed by atoms with Crippen molar-refractivity contribution >= 4 is 11.9 Å². The molecule has 2 aliphatic carbocycles. The Balaban J connectivity index is 2.13. The molecule has 0 aromatic carbocycles. The van der Waals surface area contributed by atoms with Gasteiger partial charge in [-0.3, -0.25) is 9.59 Å². The molecule has 3 nitrogen and oxygen atoms in total. The van der Waals surface area contributed by atoms with Crippen molar-refractivity contribution in [3.05, 3.63) is 0 Å². The molecule has 1 aliphatic heterocycles. The molecule has 0 amide bonds. The van der Waals surface area contributed by atoms with Gasteiger partial charge in [0.15, 0.2) is 0 Å². The van der Waals surface area contributed by atoms with Crippen molar-refractivity contribution in [2.75, 3.05) is 0 Å². The molecular weight excluding hydrogens is 204 g/mol. The van der Waals surface area contributed by atoms with Gasteiger partial charge in [0.25, 0.3) is 0 Å². The quantitative estimate of drug-likeness (QED) is 0.466. The standard InChI is InChI=1S/C13H18O3/c1-11(2)8-4-5-12(11,3)13(6-8)7-9(14)16-10(13)15/h8H,4-7H2,1-3H3/t8-,12+,13-/m0/s1. The van der Waals surface area contributed by atoms with Crippen LogP contribution in [0.3, 0.4) is 0 Å². The number of carbonyl (C=O) groups is 2. The van der Waals surface area contributed by atoms with Crippen molar-refractivity contribution in [3.8, 4) is 0 Å². The van der Waals surface area contributed by atoms with Gasteiger partial charge in [0.05, 0.1) is 11.8 Å². The second-order valence-electron chi connectivity index (χ2n) is 6.51. The topological polar surface area (TPSA) is 43.4 Å². The molecule has 0 aromatic heterocycles. The van der Waals surface area contributed by atoms with Crippen LogP contribution >= 0.6 is 0 Å². The fourth-order valence-corrected chi connectivity index (χ4v) is 4.59. The van der Waals surface area contributed by atoms with Gasteiger partial charge in [0, 0.05) is 0 Å². The second kappa shape index (κ2) is 2.52. The van der Waals surface area contributed by atoms with E-state index in [1.54, 1.807) is 0 Å². The maximum atomic E-state index is 12.0. The molecule has 88 valence electrons. The summed E-state index contributed by atoms with van der Waals surface area (Å²) in [6.45, 7) is 6.67. The maximum Gasteiger partial charge on any atom is 0.320 e. The summed E-state index contributed by atoms with van der Waals surface area (Å²) in [5.41, 5.74) is -0.416. The van der Waals surface area contributed by atoms with E-state index in [0.717, 1.165) is 12.8 Å². The first-order valence-electron chi connectivity index (χ1n) is 6.09. The summed E-state index contributed by atoms with van der Waals surface area (Å²) < 4.78 is 4.83. The molecule has 0 unspecified atom stereocenters. The molecule has 3 heteroatoms. The minimum absolute atomic E-state index is 0.0616. The Morgan fingerprint density at radius 2 is 1.94 bits per heavy atom. The van der Waals surface area contributed by atoms with Crippen LogP contribution in [0.15, 0.2) is 0 Å². The zero-order chi connectivity index (χ0) is 11.8. The highest BCUT2D eigenvalue weighted by Crippen LogP contribution is 2.75. The van der Waals surface area contributed by atoms with Crippen molar-refractivity contribution < 1.29 is 14.3 Å². The van der Waals surface area contributed by atoms with Crippen molar-refractivity contribution in [3.63, 3.8) is 0 Å². The number of hydrogen-bond acceptors (Lipinski definition) is 3. The highest BCUT2D eigenvalue weighted by Gasteiger charge is 2.74. The van der Waals surface area contributed by atoms with Gasteiger partial charge in [0.2, 0.25) is 0 Å². The first kappa shape index (κ1) is 10.3. The fraction of sp³-hybridized carbons (Fsp3) is 0.846. The summed E-state index contributed by atoms with van der Waals surface area (Å²) in [6.07, 6.45) is 3.39. The molecule has 1 saturated heterocycles. The predicted octanol–water partition coefficient (Wildman–Crippen LogP) is 2.29. The summed E-state index contributed by atoms with van der Waals surface area (Å²) in [5, 5.41) is 0. The van der Waals surface area contributed by atoms with Crippen LogP contribution in [0.4, 0.5) is 0 Å². The lowest BCUT2D eigenvalue weighted by Gasteiger charge is -2.43. The molecule has 3 rings (SSSR count). The highest BCUT2D eigenvalue weighted by atomic mass is 16.6. The van der Waals surface area contributed by atoms with E-state index in [-0.39, 0.29) is 22.8 Å². The van der Waals surface area contributed by atoms with E-state index in [0.29, 0.717) is 12.3 Å². The molecule has 2 saturated carbocycles. The summed E-state index contributed by atoms with van der Waals surface area (Å²) in [4.78, 5) is 23.4. The molecule has 3 fully saturated rings. The SMILES string of the molecule is CC1(C)[C@H]2CC[C@@]1(C)[C@]1(CC(=O)OC1=O)C2. The van der Waals surface area contributed by atoms with Gasteiger partial charge < -0.3 is 4.74 Å². The van der Waals surface area contributed by atoms with E-state index in [1.807, 2.05) is 0 Å². The lowest BCUT2D eigenvalue weighted by molar-refractivity contribution is -0.159. The molecule has 0 N–H and O–H groups in total. The Labute approximate surface area is 95.5 Å². The average Bonchev–Trinajstić information content (AvgIpc) is 2.63. The van der Waals surface area contributed by atoms with Gasteiger partial charge in [-0.05, 0) is 36.0 Å². The molecule has 2 bridgehead atoms. The van der Waals surface area contributed by atoms with E-state index in [9.17, 15) is 9.59 Å². The van der Waals surface area contributed by atoms with E-state index < -0.39 is 5.41 Å². The number of hydrogen-bond donors (Lipinski definition) is 0. The third-order valence-corrected chi connectivity index (χ3v) is 6.13. The molecule has 3 atom stereocenters. The smallest absolute Gasteiger partial charge is 0.320 e. The van der Waals surface area contributed by atoms with Crippen LogP contribution in [-0.2, 0) is 14.3 Å². The van der Waals surface area contributed by atoms with Gasteiger partial charge in [-0.25, -0.2) is 0 Å². The Kier molecular flexibility index (Phi) is 1.62. The minimum atomic E-state index is -0.503. The van der Waals surface area contributed by atoms with E-state index >= 15 is 0 Å². The zero-order valence-electron chi connectivity index (χ0n) is 10.1. The number of ether oxygens (including phenoxy) is 1. The Morgan fingerprint density at radius 1 is 1.25 bits per heavy atom. The van der Waals surface area contributed by atoms with Gasteiger partial charge in [-0.15, -0.1) is 0 Å². The van der Waals surface area contributed by atoms with E-state index in [1.165, 1.54) is 6.42 Å². The molecule has 3 aliphatic rings. The van der Waals surface area contributed by atoms with Crippen LogP contribution < -0.4 is 0 Å². The summed E-state index contributed by atoms with van der Waals surface area (Å²) in [6, 6.07) is 0. The fourth-order valence-electron chi connectivity index (χ4n) is 4.59. The van der Waals surface area contributed by atoms with Gasteiger partial charge in [0.1, 0.15) is 0 Å². The molecule has 16 heavy (non-hydrogen) atoms. The maximum absolute atomic E-state index is 12.0. The van der Waals surface area contributed by atoms with Crippen LogP contribution in [0.2, 0.25) is 0 Å². The van der Waals surface area contributed by atoms with Crippen LogP contribution in [0.5, 0.6) is 0 Å². The second-order valence-corrected chi connectivity index (χ2v) is 6.51. The normalized spacial score (nSPS) is 49.1. The van der Waals surface area contributed by atoms with Gasteiger partial charge in [-0.1, -0.05) is 20.8 Å². The molecule has 1 heterocycles. The van der Waals surface area contributed by atoms with Crippen molar-refractivity contribution in [1.29, 1.82) is 0 Å². The number of rotatable bonds is 0. The van der Waals surface area contributed by atoms with Crippen molar-refractivity contribution in [2.24, 2.45) is 22.2 Å². The molecule has 0 radical (unpaired) electrons. The third kappa shape index (κ3) is 0.802. The van der Waals surface area contributed by atoms with Gasteiger partial charge >= 0.3 is 11.9 Å². The third-order valence-electron chi connectivity index (χ3n) is 6.13. The lowest BCUT2D eigenvalue weighted by atomic mass is 9.58. The average molecular weight is 222 g/mol. The number of fused-ring (bicyclic) bond motifs is 3. The van der Waals surface area contributed by atoms with Crippen molar-refractivity contribution in [2.45, 2.75) is 46.5 Å². The van der Waals surface area contributed by atoms with Crippen LogP contribution in [0.1, 0.15) is 46.5 Å². The number of esters is 2. The number of cyclic esters (lactones) is 2. The zero-order valence-corrected chi connectivity index (χ0v) is 10.1. The Hall–Kier alpha value is -0.860. The van der Waals surface area contributed by atoms with E-state index in [4.69, 9.17) is 4.74 Å². The molecule has 1 spiro atoms. The summed E-state index contributed by atoms with van der Waals surface area (Å²) in [7, 11) is 0. The first-order chi connectivity index (χ1) is 7.33. The Bertz CT molecular complexity index is 398. The first-order valence-corrected chi connectivity index (χ1v) is 6.09. The van der Waals surface area contributed by atoms with Crippen LogP contribution in [-0.4, -0.2) is 11.9 Å². The largest absolute Gasteiger partial charge is 0.393 e. The molecular formula is C13H18O3. The summed E-state index contributed by atoms with van der Waals surface area (Å²) >= 11 is 0. The highest BCUT2D eigenvalue weighted by molar-refractivity contribution is 5.98. The Morgan fingerprint density at radius 3 is 2.31 bits per heavy atom. The van der Waals surface area contributed by atoms with E-state index in [2.05, 4.69) is 20.8 Å². The van der Waals surface area contributed by atoms with Crippen LogP contribution in [0, 0.1) is 22.2 Å². The minimum Gasteiger partial charge on any atom is -0.393 e. The lowest BCUT2D eigenvalue weighted by Crippen LogP contribution is -2.44. The number of carbonyl (C=O) groups excluding carboxylic acids is 2. The summed E-state index contributed by atoms with van der Waals surface area (Å²) in [5.74, 6) is -0.0131. The molecule has 0 aromatic rings. The monoisotopic (exact) mass is 222 g/mol. The van der Waals surface area contributed by atoms with Gasteiger partial charge in [-0.2, -0.15) is 0 Å².